The van der Waals surface area contributed by atoms with Crippen molar-refractivity contribution in [3.8, 4) is 10.4 Å². The van der Waals surface area contributed by atoms with Crippen LogP contribution in [0.5, 0.6) is 0 Å². The lowest BCUT2D eigenvalue weighted by atomic mass is 10.1. The maximum Gasteiger partial charge on any atom is 0.130 e. The van der Waals surface area contributed by atoms with Crippen LogP contribution in [0, 0.1) is 0 Å². The van der Waals surface area contributed by atoms with Gasteiger partial charge in [-0.25, -0.2) is 0 Å². The van der Waals surface area contributed by atoms with Crippen molar-refractivity contribution < 1.29 is 4.74 Å². The number of aryl methyl sites for hydroxylation is 1. The summed E-state index contributed by atoms with van der Waals surface area (Å²) in [6.07, 6.45) is 2.25. The van der Waals surface area contributed by atoms with Crippen LogP contribution in [0.1, 0.15) is 24.6 Å². The highest BCUT2D eigenvalue weighted by atomic mass is 32.1. The molecule has 2 aromatic rings. The van der Waals surface area contributed by atoms with E-state index in [1.165, 1.54) is 4.88 Å². The Morgan fingerprint density at radius 1 is 1.59 bits per heavy atom. The molecule has 0 radical (unpaired) electrons. The number of rotatable bonds is 2. The predicted molar refractivity (Wildman–Crippen MR) is 68.9 cm³/mol. The van der Waals surface area contributed by atoms with E-state index in [0.717, 1.165) is 36.5 Å². The lowest BCUT2D eigenvalue weighted by Gasteiger charge is -2.07. The van der Waals surface area contributed by atoms with E-state index < -0.39 is 0 Å². The van der Waals surface area contributed by atoms with Gasteiger partial charge in [-0.15, -0.1) is 11.3 Å². The fourth-order valence-electron chi connectivity index (χ4n) is 2.25. The Morgan fingerprint density at radius 3 is 3.12 bits per heavy atom. The van der Waals surface area contributed by atoms with E-state index in [-0.39, 0.29) is 6.10 Å². The fourth-order valence-corrected chi connectivity index (χ4v) is 3.04. The molecule has 1 aliphatic rings. The molecule has 3 heterocycles. The zero-order valence-electron chi connectivity index (χ0n) is 9.72. The van der Waals surface area contributed by atoms with Gasteiger partial charge in [0, 0.05) is 18.5 Å². The van der Waals surface area contributed by atoms with Gasteiger partial charge in [0.05, 0.1) is 5.56 Å². The van der Waals surface area contributed by atoms with E-state index in [2.05, 4.69) is 16.5 Å². The third-order valence-corrected chi connectivity index (χ3v) is 4.01. The van der Waals surface area contributed by atoms with E-state index >= 15 is 0 Å². The average molecular weight is 249 g/mol. The zero-order chi connectivity index (χ0) is 11.8. The Bertz CT molecular complexity index is 512. The molecule has 0 saturated carbocycles. The summed E-state index contributed by atoms with van der Waals surface area (Å²) in [4.78, 5) is 1.17. The van der Waals surface area contributed by atoms with Crippen LogP contribution in [0.15, 0.2) is 17.5 Å². The minimum absolute atomic E-state index is 0.107. The highest BCUT2D eigenvalue weighted by Gasteiger charge is 2.27. The number of hydrogen-bond donors (Lipinski definition) is 1. The van der Waals surface area contributed by atoms with Crippen molar-refractivity contribution in [3.63, 3.8) is 0 Å². The third kappa shape index (κ3) is 1.75. The van der Waals surface area contributed by atoms with E-state index in [4.69, 9.17) is 10.5 Å². The van der Waals surface area contributed by atoms with E-state index in [1.54, 1.807) is 16.0 Å². The summed E-state index contributed by atoms with van der Waals surface area (Å²) in [5.74, 6) is 0.720. The van der Waals surface area contributed by atoms with Crippen molar-refractivity contribution in [1.29, 1.82) is 0 Å². The van der Waals surface area contributed by atoms with Gasteiger partial charge < -0.3 is 10.5 Å². The first-order valence-electron chi connectivity index (χ1n) is 5.75. The van der Waals surface area contributed by atoms with Crippen molar-refractivity contribution in [2.75, 3.05) is 12.3 Å². The van der Waals surface area contributed by atoms with Gasteiger partial charge in [0.1, 0.15) is 17.6 Å². The maximum atomic E-state index is 6.11. The SMILES string of the molecule is Cn1nc(C2CCCO2)c(-c2cccs2)c1N. The molecule has 0 amide bonds. The van der Waals surface area contributed by atoms with Gasteiger partial charge in [0.2, 0.25) is 0 Å². The molecule has 1 saturated heterocycles. The predicted octanol–water partition coefficient (Wildman–Crippen LogP) is 2.58. The smallest absolute Gasteiger partial charge is 0.130 e. The quantitative estimate of drug-likeness (QED) is 0.890. The van der Waals surface area contributed by atoms with E-state index in [0.29, 0.717) is 0 Å². The first kappa shape index (κ1) is 10.8. The van der Waals surface area contributed by atoms with Crippen molar-refractivity contribution >= 4 is 17.2 Å². The van der Waals surface area contributed by atoms with Gasteiger partial charge >= 0.3 is 0 Å². The molecule has 0 bridgehead atoms. The van der Waals surface area contributed by atoms with Crippen LogP contribution in [0.25, 0.3) is 10.4 Å². The minimum atomic E-state index is 0.107. The average Bonchev–Trinajstić information content (AvgIpc) is 3.01. The Morgan fingerprint density at radius 2 is 2.47 bits per heavy atom. The Balaban J connectivity index is 2.11. The Hall–Kier alpha value is -1.33. The normalized spacial score (nSPS) is 19.9. The standard InChI is InChI=1S/C12H15N3OS/c1-15-12(13)10(9-5-3-7-17-9)11(14-15)8-4-2-6-16-8/h3,5,7-8H,2,4,6,13H2,1H3. The van der Waals surface area contributed by atoms with Crippen LogP contribution < -0.4 is 5.73 Å². The van der Waals surface area contributed by atoms with E-state index in [1.807, 2.05) is 13.1 Å². The number of hydrogen-bond acceptors (Lipinski definition) is 4. The first-order chi connectivity index (χ1) is 8.27. The number of ether oxygens (including phenoxy) is 1. The van der Waals surface area contributed by atoms with Crippen molar-refractivity contribution in [1.82, 2.24) is 9.78 Å². The highest BCUT2D eigenvalue weighted by molar-refractivity contribution is 7.13. The topological polar surface area (TPSA) is 53.1 Å². The molecular weight excluding hydrogens is 234 g/mol. The summed E-state index contributed by atoms with van der Waals surface area (Å²) >= 11 is 1.69. The molecule has 1 unspecified atom stereocenters. The van der Waals surface area contributed by atoms with Crippen molar-refractivity contribution in [2.45, 2.75) is 18.9 Å². The monoisotopic (exact) mass is 249 g/mol. The van der Waals surface area contributed by atoms with Gasteiger partial charge in [-0.2, -0.15) is 5.10 Å². The molecule has 3 rings (SSSR count). The Kier molecular flexibility index (Phi) is 2.64. The molecule has 2 N–H and O–H groups in total. The summed E-state index contributed by atoms with van der Waals surface area (Å²) in [5.41, 5.74) is 8.15. The molecule has 0 spiro atoms. The fraction of sp³-hybridized carbons (Fsp3) is 0.417. The lowest BCUT2D eigenvalue weighted by molar-refractivity contribution is 0.108. The van der Waals surface area contributed by atoms with Crippen LogP contribution in [-0.4, -0.2) is 16.4 Å². The first-order valence-corrected chi connectivity index (χ1v) is 6.63. The van der Waals surface area contributed by atoms with Gasteiger partial charge in [0.15, 0.2) is 0 Å². The summed E-state index contributed by atoms with van der Waals surface area (Å²) in [6.45, 7) is 0.824. The zero-order valence-corrected chi connectivity index (χ0v) is 10.5. The third-order valence-electron chi connectivity index (χ3n) is 3.12. The number of nitrogens with zero attached hydrogens (tertiary/aromatic N) is 2. The molecule has 1 aliphatic heterocycles. The van der Waals surface area contributed by atoms with Crippen molar-refractivity contribution in [3.05, 3.63) is 23.2 Å². The van der Waals surface area contributed by atoms with Crippen molar-refractivity contribution in [2.24, 2.45) is 7.05 Å². The molecule has 1 atom stereocenters. The number of thiophene rings is 1. The van der Waals surface area contributed by atoms with Crippen LogP contribution in [0.3, 0.4) is 0 Å². The molecule has 0 aromatic carbocycles. The summed E-state index contributed by atoms with van der Waals surface area (Å²) in [5, 5.41) is 6.58. The van der Waals surface area contributed by atoms with Crippen LogP contribution in [0.2, 0.25) is 0 Å². The summed E-state index contributed by atoms with van der Waals surface area (Å²) in [7, 11) is 1.88. The highest BCUT2D eigenvalue weighted by Crippen LogP contribution is 2.39. The van der Waals surface area contributed by atoms with Gasteiger partial charge in [-0.3, -0.25) is 4.68 Å². The van der Waals surface area contributed by atoms with Crippen LogP contribution >= 0.6 is 11.3 Å². The van der Waals surface area contributed by atoms with Crippen LogP contribution in [-0.2, 0) is 11.8 Å². The number of nitrogen functional groups attached to an aromatic ring is 1. The molecule has 2 aromatic heterocycles. The molecule has 0 aliphatic carbocycles. The molecule has 17 heavy (non-hydrogen) atoms. The summed E-state index contributed by atoms with van der Waals surface area (Å²) < 4.78 is 7.46. The van der Waals surface area contributed by atoms with Crippen LogP contribution in [0.4, 0.5) is 5.82 Å². The lowest BCUT2D eigenvalue weighted by Crippen LogP contribution is -1.99. The minimum Gasteiger partial charge on any atom is -0.383 e. The number of nitrogens with two attached hydrogens (primary N) is 1. The van der Waals surface area contributed by atoms with E-state index in [9.17, 15) is 0 Å². The second kappa shape index (κ2) is 4.16. The molecule has 1 fully saturated rings. The van der Waals surface area contributed by atoms with Gasteiger partial charge in [-0.05, 0) is 24.3 Å². The number of aromatic nitrogens is 2. The second-order valence-corrected chi connectivity index (χ2v) is 5.20. The number of anilines is 1. The largest absolute Gasteiger partial charge is 0.383 e. The second-order valence-electron chi connectivity index (χ2n) is 4.25. The summed E-state index contributed by atoms with van der Waals surface area (Å²) in [6, 6.07) is 4.11. The molecule has 90 valence electrons. The molecular formula is C12H15N3OS. The molecule has 4 nitrogen and oxygen atoms in total. The Labute approximate surface area is 104 Å². The van der Waals surface area contributed by atoms with Gasteiger partial charge in [0.25, 0.3) is 0 Å². The molecule has 5 heteroatoms. The van der Waals surface area contributed by atoms with Gasteiger partial charge in [-0.1, -0.05) is 6.07 Å². The maximum absolute atomic E-state index is 6.11.